The van der Waals surface area contributed by atoms with E-state index in [0.29, 0.717) is 24.4 Å². The maximum atomic E-state index is 12.4. The van der Waals surface area contributed by atoms with Crippen LogP contribution in [0.15, 0.2) is 59.2 Å². The fourth-order valence-corrected chi connectivity index (χ4v) is 3.27. The average molecular weight is 389 g/mol. The van der Waals surface area contributed by atoms with Crippen LogP contribution < -0.4 is 10.3 Å². The lowest BCUT2D eigenvalue weighted by molar-refractivity contribution is -0.117. The van der Waals surface area contributed by atoms with E-state index in [1.54, 1.807) is 29.3 Å². The molecule has 1 heterocycles. The normalized spacial score (nSPS) is 14.8. The van der Waals surface area contributed by atoms with Crippen LogP contribution in [0.2, 0.25) is 0 Å². The number of nitrogens with one attached hydrogen (secondary N) is 1. The molecule has 2 aromatic carbocycles. The van der Waals surface area contributed by atoms with E-state index < -0.39 is 0 Å². The Kier molecular flexibility index (Phi) is 6.60. The second kappa shape index (κ2) is 9.32. The van der Waals surface area contributed by atoms with Crippen molar-refractivity contribution >= 4 is 29.8 Å². The van der Waals surface area contributed by atoms with Gasteiger partial charge in [0.25, 0.3) is 5.91 Å². The van der Waals surface area contributed by atoms with Gasteiger partial charge < -0.3 is 4.90 Å². The van der Waals surface area contributed by atoms with Crippen molar-refractivity contribution in [2.75, 3.05) is 11.4 Å². The SMILES string of the molecule is CC(/C=N\NC(=O)c1cccc(N2CCCC2=O)c1)=C/c1ccc(C(C)C)cc1. The summed E-state index contributed by atoms with van der Waals surface area (Å²) in [4.78, 5) is 26.0. The first-order valence-electron chi connectivity index (χ1n) is 9.96. The Labute approximate surface area is 172 Å². The van der Waals surface area contributed by atoms with Crippen molar-refractivity contribution in [1.29, 1.82) is 0 Å². The number of hydrazone groups is 1. The van der Waals surface area contributed by atoms with Gasteiger partial charge in [-0.1, -0.05) is 50.3 Å². The predicted molar refractivity (Wildman–Crippen MR) is 118 cm³/mol. The minimum Gasteiger partial charge on any atom is -0.312 e. The fourth-order valence-electron chi connectivity index (χ4n) is 3.27. The molecule has 0 radical (unpaired) electrons. The van der Waals surface area contributed by atoms with Gasteiger partial charge in [-0.05, 0) is 54.2 Å². The van der Waals surface area contributed by atoms with Gasteiger partial charge in [-0.3, -0.25) is 9.59 Å². The minimum atomic E-state index is -0.302. The number of amides is 2. The van der Waals surface area contributed by atoms with Crippen molar-refractivity contribution in [2.45, 2.75) is 39.5 Å². The molecular formula is C24H27N3O2. The number of benzene rings is 2. The van der Waals surface area contributed by atoms with E-state index >= 15 is 0 Å². The number of rotatable bonds is 6. The van der Waals surface area contributed by atoms with Crippen LogP contribution in [0.25, 0.3) is 6.08 Å². The highest BCUT2D eigenvalue weighted by molar-refractivity contribution is 5.99. The quantitative estimate of drug-likeness (QED) is 0.572. The molecule has 1 aliphatic heterocycles. The molecule has 0 aliphatic carbocycles. The highest BCUT2D eigenvalue weighted by Crippen LogP contribution is 2.22. The topological polar surface area (TPSA) is 61.8 Å². The number of nitrogens with zero attached hydrogens (tertiary/aromatic N) is 2. The molecule has 2 aromatic rings. The summed E-state index contributed by atoms with van der Waals surface area (Å²) < 4.78 is 0. The van der Waals surface area contributed by atoms with Crippen LogP contribution >= 0.6 is 0 Å². The molecule has 0 saturated carbocycles. The van der Waals surface area contributed by atoms with Crippen LogP contribution in [0.5, 0.6) is 0 Å². The van der Waals surface area contributed by atoms with Crippen LogP contribution in [0.4, 0.5) is 5.69 Å². The number of carbonyl (C=O) groups excluding carboxylic acids is 2. The van der Waals surface area contributed by atoms with Crippen LogP contribution in [0, 0.1) is 0 Å². The first-order valence-corrected chi connectivity index (χ1v) is 9.96. The second-order valence-electron chi connectivity index (χ2n) is 7.61. The zero-order chi connectivity index (χ0) is 20.8. The summed E-state index contributed by atoms with van der Waals surface area (Å²) in [5.41, 5.74) is 7.11. The van der Waals surface area contributed by atoms with Crippen molar-refractivity contribution in [3.05, 3.63) is 70.8 Å². The standard InChI is InChI=1S/C24H27N3O2/c1-17(2)20-11-9-19(10-12-20)14-18(3)16-25-26-24(29)21-6-4-7-22(15-21)27-13-5-8-23(27)28/h4,6-7,9-12,14-17H,5,8,13H2,1-3H3,(H,26,29)/b18-14-,25-16-. The molecule has 0 spiro atoms. The highest BCUT2D eigenvalue weighted by Gasteiger charge is 2.22. The lowest BCUT2D eigenvalue weighted by Gasteiger charge is -2.16. The van der Waals surface area contributed by atoms with Crippen LogP contribution in [-0.4, -0.2) is 24.6 Å². The fraction of sp³-hybridized carbons (Fsp3) is 0.292. The summed E-state index contributed by atoms with van der Waals surface area (Å²) in [7, 11) is 0. The number of carbonyl (C=O) groups is 2. The molecule has 150 valence electrons. The van der Waals surface area contributed by atoms with E-state index in [9.17, 15) is 9.59 Å². The van der Waals surface area contributed by atoms with Crippen molar-refractivity contribution < 1.29 is 9.59 Å². The Balaban J connectivity index is 1.61. The smallest absolute Gasteiger partial charge is 0.271 e. The molecule has 0 bridgehead atoms. The third-order valence-electron chi connectivity index (χ3n) is 4.93. The van der Waals surface area contributed by atoms with E-state index in [4.69, 9.17) is 0 Å². The summed E-state index contributed by atoms with van der Waals surface area (Å²) in [6.45, 7) is 6.98. The van der Waals surface area contributed by atoms with Crippen LogP contribution in [-0.2, 0) is 4.79 Å². The summed E-state index contributed by atoms with van der Waals surface area (Å²) >= 11 is 0. The Morgan fingerprint density at radius 1 is 1.17 bits per heavy atom. The average Bonchev–Trinajstić information content (AvgIpc) is 3.14. The molecule has 2 amide bonds. The van der Waals surface area contributed by atoms with Gasteiger partial charge in [-0.2, -0.15) is 5.10 Å². The molecule has 1 N–H and O–H groups in total. The predicted octanol–water partition coefficient (Wildman–Crippen LogP) is 4.76. The monoisotopic (exact) mass is 389 g/mol. The molecular weight excluding hydrogens is 362 g/mol. The van der Waals surface area contributed by atoms with E-state index in [-0.39, 0.29) is 11.8 Å². The Bertz CT molecular complexity index is 943. The lowest BCUT2D eigenvalue weighted by atomic mass is 10.0. The highest BCUT2D eigenvalue weighted by atomic mass is 16.2. The summed E-state index contributed by atoms with van der Waals surface area (Å²) in [6.07, 6.45) is 5.05. The first-order chi connectivity index (χ1) is 13.9. The van der Waals surface area contributed by atoms with Gasteiger partial charge in [0.2, 0.25) is 5.91 Å². The molecule has 1 aliphatic rings. The van der Waals surface area contributed by atoms with Gasteiger partial charge >= 0.3 is 0 Å². The molecule has 5 heteroatoms. The van der Waals surface area contributed by atoms with Gasteiger partial charge in [0, 0.05) is 24.2 Å². The molecule has 5 nitrogen and oxygen atoms in total. The van der Waals surface area contributed by atoms with Crippen LogP contribution in [0.1, 0.15) is 61.0 Å². The van der Waals surface area contributed by atoms with Gasteiger partial charge in [0.05, 0.1) is 6.21 Å². The zero-order valence-electron chi connectivity index (χ0n) is 17.2. The first kappa shape index (κ1) is 20.5. The van der Waals surface area contributed by atoms with Gasteiger partial charge in [-0.25, -0.2) is 5.43 Å². The van der Waals surface area contributed by atoms with E-state index in [1.807, 2.05) is 19.1 Å². The molecule has 1 saturated heterocycles. The van der Waals surface area contributed by atoms with Crippen molar-refractivity contribution in [3.8, 4) is 0 Å². The Hall–Kier alpha value is -3.21. The molecule has 1 fully saturated rings. The zero-order valence-corrected chi connectivity index (χ0v) is 17.2. The van der Waals surface area contributed by atoms with Gasteiger partial charge in [-0.15, -0.1) is 0 Å². The number of anilines is 1. The second-order valence-corrected chi connectivity index (χ2v) is 7.61. The molecule has 29 heavy (non-hydrogen) atoms. The van der Waals surface area contributed by atoms with Crippen LogP contribution in [0.3, 0.4) is 0 Å². The third kappa shape index (κ3) is 5.41. The van der Waals surface area contributed by atoms with Gasteiger partial charge in [0.15, 0.2) is 0 Å². The number of hydrogen-bond acceptors (Lipinski definition) is 3. The largest absolute Gasteiger partial charge is 0.312 e. The van der Waals surface area contributed by atoms with Crippen molar-refractivity contribution in [2.24, 2.45) is 5.10 Å². The minimum absolute atomic E-state index is 0.0998. The number of hydrogen-bond donors (Lipinski definition) is 1. The maximum Gasteiger partial charge on any atom is 0.271 e. The third-order valence-corrected chi connectivity index (χ3v) is 4.93. The Morgan fingerprint density at radius 3 is 2.59 bits per heavy atom. The summed E-state index contributed by atoms with van der Waals surface area (Å²) in [5.74, 6) is 0.305. The summed E-state index contributed by atoms with van der Waals surface area (Å²) in [5, 5.41) is 4.06. The van der Waals surface area contributed by atoms with E-state index in [1.165, 1.54) is 5.56 Å². The molecule has 0 atom stereocenters. The van der Waals surface area contributed by atoms with Crippen molar-refractivity contribution in [1.82, 2.24) is 5.43 Å². The molecule has 0 unspecified atom stereocenters. The van der Waals surface area contributed by atoms with E-state index in [2.05, 4.69) is 48.6 Å². The van der Waals surface area contributed by atoms with Gasteiger partial charge in [0.1, 0.15) is 0 Å². The molecule has 3 rings (SSSR count). The lowest BCUT2D eigenvalue weighted by Crippen LogP contribution is -2.24. The van der Waals surface area contributed by atoms with Crippen molar-refractivity contribution in [3.63, 3.8) is 0 Å². The Morgan fingerprint density at radius 2 is 1.93 bits per heavy atom. The maximum absolute atomic E-state index is 12.4. The number of allylic oxidation sites excluding steroid dienone is 1. The van der Waals surface area contributed by atoms with E-state index in [0.717, 1.165) is 23.2 Å². The summed E-state index contributed by atoms with van der Waals surface area (Å²) in [6, 6.07) is 15.5. The molecule has 0 aromatic heterocycles.